The summed E-state index contributed by atoms with van der Waals surface area (Å²) < 4.78 is 5.17. The zero-order valence-electron chi connectivity index (χ0n) is 18.7. The van der Waals surface area contributed by atoms with Crippen LogP contribution in [0, 0.1) is 0 Å². The quantitative estimate of drug-likeness (QED) is 0.427. The first-order valence-corrected chi connectivity index (χ1v) is 10.6. The molecule has 0 fully saturated rings. The second-order valence-electron chi connectivity index (χ2n) is 8.28. The lowest BCUT2D eigenvalue weighted by molar-refractivity contribution is 0.102. The molecule has 0 saturated heterocycles. The number of nitrogens with zero attached hydrogens (tertiary/aromatic N) is 2. The van der Waals surface area contributed by atoms with Crippen molar-refractivity contribution >= 4 is 23.0 Å². The Kier molecular flexibility index (Phi) is 6.24. The number of nitrogens with one attached hydrogen (secondary N) is 2. The number of anilines is 3. The number of ether oxygens (including phenoxy) is 1. The molecule has 0 saturated carbocycles. The summed E-state index contributed by atoms with van der Waals surface area (Å²) in [6, 6.07) is 22.2. The minimum atomic E-state index is -1.00. The molecule has 1 heterocycles. The number of methoxy groups -OCH3 is 1. The van der Waals surface area contributed by atoms with Crippen LogP contribution < -0.4 is 15.4 Å². The lowest BCUT2D eigenvalue weighted by Gasteiger charge is -2.14. The predicted octanol–water partition coefficient (Wildman–Crippen LogP) is 5.85. The molecule has 0 aromatic heterocycles. The van der Waals surface area contributed by atoms with Gasteiger partial charge in [0.25, 0.3) is 5.91 Å². The van der Waals surface area contributed by atoms with E-state index in [0.717, 1.165) is 16.9 Å². The van der Waals surface area contributed by atoms with Crippen molar-refractivity contribution in [2.45, 2.75) is 25.5 Å². The van der Waals surface area contributed by atoms with Gasteiger partial charge >= 0.3 is 0 Å². The molecule has 3 aromatic rings. The molecule has 4 rings (SSSR count). The van der Waals surface area contributed by atoms with Crippen molar-refractivity contribution in [3.8, 4) is 5.75 Å². The number of carbonyl (C=O) groups excluding carboxylic acids is 1. The normalized spacial score (nSPS) is 15.2. The van der Waals surface area contributed by atoms with Crippen molar-refractivity contribution in [1.29, 1.82) is 0 Å². The first-order valence-electron chi connectivity index (χ1n) is 10.6. The number of aliphatic hydroxyl groups is 1. The molecule has 1 unspecified atom stereocenters. The molecule has 1 aliphatic heterocycles. The van der Waals surface area contributed by atoms with Gasteiger partial charge in [0.1, 0.15) is 17.4 Å². The highest BCUT2D eigenvalue weighted by molar-refractivity contribution is 6.04. The molecule has 7 nitrogen and oxygen atoms in total. The fourth-order valence-electron chi connectivity index (χ4n) is 3.36. The fourth-order valence-corrected chi connectivity index (χ4v) is 3.36. The highest BCUT2D eigenvalue weighted by atomic mass is 16.5. The van der Waals surface area contributed by atoms with Gasteiger partial charge in [-0.05, 0) is 80.1 Å². The largest absolute Gasteiger partial charge is 0.497 e. The van der Waals surface area contributed by atoms with E-state index in [-0.39, 0.29) is 11.9 Å². The molecular formula is C26H26N4O3. The van der Waals surface area contributed by atoms with Crippen LogP contribution in [0.15, 0.2) is 94.8 Å². The first kappa shape index (κ1) is 22.2. The molecule has 3 aromatic carbocycles. The second kappa shape index (κ2) is 9.26. The molecule has 0 aliphatic carbocycles. The molecule has 33 heavy (non-hydrogen) atoms. The van der Waals surface area contributed by atoms with Gasteiger partial charge in [0.05, 0.1) is 12.8 Å². The Bertz CT molecular complexity index is 1190. The van der Waals surface area contributed by atoms with E-state index in [4.69, 9.17) is 4.74 Å². The van der Waals surface area contributed by atoms with Gasteiger partial charge in [-0.15, -0.1) is 0 Å². The zero-order chi connectivity index (χ0) is 23.4. The van der Waals surface area contributed by atoms with Crippen molar-refractivity contribution in [2.24, 2.45) is 10.2 Å². The van der Waals surface area contributed by atoms with E-state index >= 15 is 0 Å². The third-order valence-corrected chi connectivity index (χ3v) is 5.25. The minimum Gasteiger partial charge on any atom is -0.497 e. The summed E-state index contributed by atoms with van der Waals surface area (Å²) in [5.74, 6) is 0.439. The van der Waals surface area contributed by atoms with E-state index in [0.29, 0.717) is 22.7 Å². The fraction of sp³-hybridized carbons (Fsp3) is 0.192. The van der Waals surface area contributed by atoms with Crippen molar-refractivity contribution in [1.82, 2.24) is 0 Å². The van der Waals surface area contributed by atoms with Gasteiger partial charge in [-0.3, -0.25) is 4.79 Å². The van der Waals surface area contributed by atoms with Gasteiger partial charge in [-0.2, -0.15) is 10.2 Å². The number of hydrogen-bond acceptors (Lipinski definition) is 6. The number of benzene rings is 3. The van der Waals surface area contributed by atoms with Crippen LogP contribution >= 0.6 is 0 Å². The highest BCUT2D eigenvalue weighted by Gasteiger charge is 2.25. The zero-order valence-corrected chi connectivity index (χ0v) is 18.7. The summed E-state index contributed by atoms with van der Waals surface area (Å²) in [7, 11) is 1.57. The van der Waals surface area contributed by atoms with E-state index in [1.807, 2.05) is 54.6 Å². The Morgan fingerprint density at radius 3 is 2.21 bits per heavy atom. The third-order valence-electron chi connectivity index (χ3n) is 5.25. The van der Waals surface area contributed by atoms with Gasteiger partial charge in [0.15, 0.2) is 0 Å². The van der Waals surface area contributed by atoms with Gasteiger partial charge < -0.3 is 20.5 Å². The summed E-state index contributed by atoms with van der Waals surface area (Å²) in [5.41, 5.74) is 3.62. The Hall–Kier alpha value is -3.97. The smallest absolute Gasteiger partial charge is 0.255 e. The van der Waals surface area contributed by atoms with Crippen LogP contribution in [0.4, 0.5) is 17.1 Å². The molecule has 0 radical (unpaired) electrons. The molecule has 1 atom stereocenters. The van der Waals surface area contributed by atoms with E-state index in [2.05, 4.69) is 20.9 Å². The summed E-state index contributed by atoms with van der Waals surface area (Å²) in [5, 5.41) is 24.6. The van der Waals surface area contributed by atoms with E-state index in [1.165, 1.54) is 0 Å². The van der Waals surface area contributed by atoms with Crippen molar-refractivity contribution < 1.29 is 14.6 Å². The summed E-state index contributed by atoms with van der Waals surface area (Å²) in [6.45, 7) is 3.39. The molecular weight excluding hydrogens is 416 g/mol. The maximum absolute atomic E-state index is 12.5. The molecule has 3 N–H and O–H groups in total. The highest BCUT2D eigenvalue weighted by Crippen LogP contribution is 2.32. The maximum atomic E-state index is 12.5. The molecule has 0 spiro atoms. The Labute approximate surface area is 192 Å². The van der Waals surface area contributed by atoms with Gasteiger partial charge in [-0.1, -0.05) is 18.2 Å². The number of hydrogen-bond donors (Lipinski definition) is 3. The van der Waals surface area contributed by atoms with Crippen LogP contribution in [0.1, 0.15) is 35.8 Å². The molecule has 7 heteroatoms. The van der Waals surface area contributed by atoms with Gasteiger partial charge in [0.2, 0.25) is 0 Å². The summed E-state index contributed by atoms with van der Waals surface area (Å²) >= 11 is 0. The van der Waals surface area contributed by atoms with Crippen LogP contribution in [0.25, 0.3) is 0 Å². The average Bonchev–Trinajstić information content (AvgIpc) is 3.32. The van der Waals surface area contributed by atoms with Crippen molar-refractivity contribution in [3.63, 3.8) is 0 Å². The van der Waals surface area contributed by atoms with Crippen LogP contribution in [-0.4, -0.2) is 23.7 Å². The van der Waals surface area contributed by atoms with Crippen LogP contribution in [0.5, 0.6) is 5.75 Å². The Morgan fingerprint density at radius 2 is 1.61 bits per heavy atom. The Morgan fingerprint density at radius 1 is 0.970 bits per heavy atom. The number of azo groups is 1. The SMILES string of the molecule is COc1cccc(C(=O)Nc2ccc(Nc3ccc(C4C=C(C(C)(C)O)N=N4)cc3)cc2)c1. The molecule has 168 valence electrons. The number of rotatable bonds is 7. The topological polar surface area (TPSA) is 95.3 Å². The van der Waals surface area contributed by atoms with Crippen LogP contribution in [0.3, 0.4) is 0 Å². The summed E-state index contributed by atoms with van der Waals surface area (Å²) in [4.78, 5) is 12.5. The standard InChI is InChI=1S/C26H26N4O3/c1-26(2,32)24-16-23(29-30-24)17-7-9-19(10-8-17)27-20-11-13-21(14-12-20)28-25(31)18-5-4-6-22(15-18)33-3/h4-16,23,27,32H,1-3H3,(H,28,31). The van der Waals surface area contributed by atoms with Gasteiger partial charge in [-0.25, -0.2) is 0 Å². The molecule has 0 bridgehead atoms. The minimum absolute atomic E-state index is 0.187. The van der Waals surface area contributed by atoms with Gasteiger partial charge in [0, 0.05) is 22.6 Å². The Balaban J connectivity index is 1.37. The predicted molar refractivity (Wildman–Crippen MR) is 129 cm³/mol. The first-order chi connectivity index (χ1) is 15.8. The maximum Gasteiger partial charge on any atom is 0.255 e. The monoisotopic (exact) mass is 442 g/mol. The summed E-state index contributed by atoms with van der Waals surface area (Å²) in [6.07, 6.45) is 1.88. The van der Waals surface area contributed by atoms with E-state index < -0.39 is 5.60 Å². The third kappa shape index (κ3) is 5.45. The van der Waals surface area contributed by atoms with Crippen LogP contribution in [0.2, 0.25) is 0 Å². The average molecular weight is 443 g/mol. The van der Waals surface area contributed by atoms with Crippen molar-refractivity contribution in [2.75, 3.05) is 17.7 Å². The number of carbonyl (C=O) groups is 1. The van der Waals surface area contributed by atoms with E-state index in [1.54, 1.807) is 45.2 Å². The lowest BCUT2D eigenvalue weighted by atomic mass is 10.0. The lowest BCUT2D eigenvalue weighted by Crippen LogP contribution is -2.19. The number of amides is 1. The van der Waals surface area contributed by atoms with E-state index in [9.17, 15) is 9.90 Å². The van der Waals surface area contributed by atoms with Crippen molar-refractivity contribution in [3.05, 3.63) is 95.7 Å². The molecule has 1 amide bonds. The molecule has 1 aliphatic rings. The second-order valence-corrected chi connectivity index (χ2v) is 8.28. The van der Waals surface area contributed by atoms with Crippen LogP contribution in [-0.2, 0) is 0 Å².